The Balaban J connectivity index is 1.29. The van der Waals surface area contributed by atoms with E-state index in [4.69, 9.17) is 15.2 Å². The number of hydrogen-bond donors (Lipinski definition) is 3. The predicted molar refractivity (Wildman–Crippen MR) is 118 cm³/mol. The maximum Gasteiger partial charge on any atom is 0.264 e. The monoisotopic (exact) mass is 459 g/mol. The molecule has 4 amide bonds. The van der Waals surface area contributed by atoms with Crippen molar-refractivity contribution in [2.24, 2.45) is 5.73 Å². The highest BCUT2D eigenvalue weighted by atomic mass is 16.5. The molecule has 3 aliphatic rings. The minimum absolute atomic E-state index is 0.0700. The minimum Gasteiger partial charge on any atom is -0.382 e. The molecule has 11 nitrogen and oxygen atoms in total. The Morgan fingerprint density at radius 1 is 1.18 bits per heavy atom. The van der Waals surface area contributed by atoms with Crippen LogP contribution in [0.15, 0.2) is 18.2 Å². The summed E-state index contributed by atoms with van der Waals surface area (Å²) >= 11 is 0. The normalized spacial score (nSPS) is 23.6. The number of ether oxygens (including phenoxy) is 2. The number of nitrogens with zero attached hydrogens (tertiary/aromatic N) is 2. The van der Waals surface area contributed by atoms with E-state index in [0.29, 0.717) is 38.6 Å². The van der Waals surface area contributed by atoms with Gasteiger partial charge in [0, 0.05) is 44.8 Å². The number of hydrogen-bond acceptors (Lipinski definition) is 9. The SMILES string of the molecule is NC[C@@H]1CN(CCOCCNc2cccc3c2C(=O)N(C2CCC(=O)NC2=O)C3=O)CCO1. The van der Waals surface area contributed by atoms with Crippen molar-refractivity contribution in [2.75, 3.05) is 57.9 Å². The number of amides is 4. The lowest BCUT2D eigenvalue weighted by Crippen LogP contribution is -2.54. The Bertz CT molecular complexity index is 938. The maximum absolute atomic E-state index is 13.1. The average Bonchev–Trinajstić information content (AvgIpc) is 3.07. The first-order valence-electron chi connectivity index (χ1n) is 11.2. The summed E-state index contributed by atoms with van der Waals surface area (Å²) in [7, 11) is 0. The lowest BCUT2D eigenvalue weighted by Gasteiger charge is -2.32. The van der Waals surface area contributed by atoms with E-state index in [1.807, 2.05) is 0 Å². The standard InChI is InChI=1S/C22H29N5O6/c23-12-14-13-26(8-11-33-14)7-10-32-9-6-24-16-3-1-2-15-19(16)22(31)27(21(15)30)17-4-5-18(28)25-20(17)29/h1-3,14,17,24H,4-13,23H2,(H,25,28,29)/t14-,17?/m1/s1. The van der Waals surface area contributed by atoms with Gasteiger partial charge in [-0.05, 0) is 18.6 Å². The van der Waals surface area contributed by atoms with Crippen LogP contribution in [0.5, 0.6) is 0 Å². The number of benzene rings is 1. The zero-order chi connectivity index (χ0) is 23.4. The average molecular weight is 460 g/mol. The van der Waals surface area contributed by atoms with Gasteiger partial charge < -0.3 is 20.5 Å². The third kappa shape index (κ3) is 5.06. The quantitative estimate of drug-likeness (QED) is 0.319. The number of carbonyl (C=O) groups is 4. The Morgan fingerprint density at radius 3 is 2.82 bits per heavy atom. The first kappa shape index (κ1) is 23.3. The second-order valence-electron chi connectivity index (χ2n) is 8.24. The predicted octanol–water partition coefficient (Wildman–Crippen LogP) is -0.824. The fraction of sp³-hybridized carbons (Fsp3) is 0.545. The molecule has 0 radical (unpaired) electrons. The molecule has 0 aliphatic carbocycles. The number of anilines is 1. The largest absolute Gasteiger partial charge is 0.382 e. The van der Waals surface area contributed by atoms with Gasteiger partial charge in [-0.3, -0.25) is 34.3 Å². The number of rotatable bonds is 9. The first-order chi connectivity index (χ1) is 16.0. The van der Waals surface area contributed by atoms with Crippen molar-refractivity contribution in [3.8, 4) is 0 Å². The van der Waals surface area contributed by atoms with Gasteiger partial charge in [-0.1, -0.05) is 6.07 Å². The molecule has 1 unspecified atom stereocenters. The van der Waals surface area contributed by atoms with Crippen molar-refractivity contribution in [1.29, 1.82) is 0 Å². The fourth-order valence-electron chi connectivity index (χ4n) is 4.34. The highest BCUT2D eigenvalue weighted by Crippen LogP contribution is 2.32. The van der Waals surface area contributed by atoms with Crippen molar-refractivity contribution < 1.29 is 28.7 Å². The molecule has 33 heavy (non-hydrogen) atoms. The van der Waals surface area contributed by atoms with Crippen LogP contribution in [0.4, 0.5) is 5.69 Å². The van der Waals surface area contributed by atoms with Crippen molar-refractivity contribution >= 4 is 29.3 Å². The molecule has 11 heteroatoms. The van der Waals surface area contributed by atoms with E-state index in [0.717, 1.165) is 24.5 Å². The summed E-state index contributed by atoms with van der Waals surface area (Å²) in [6, 6.07) is 4.00. The van der Waals surface area contributed by atoms with E-state index >= 15 is 0 Å². The van der Waals surface area contributed by atoms with E-state index in [1.54, 1.807) is 18.2 Å². The molecule has 1 aromatic carbocycles. The summed E-state index contributed by atoms with van der Waals surface area (Å²) in [6.07, 6.45) is 0.284. The van der Waals surface area contributed by atoms with Crippen LogP contribution in [0.1, 0.15) is 33.6 Å². The number of fused-ring (bicyclic) bond motifs is 1. The van der Waals surface area contributed by atoms with Crippen molar-refractivity contribution in [2.45, 2.75) is 25.0 Å². The zero-order valence-corrected chi connectivity index (χ0v) is 18.4. The van der Waals surface area contributed by atoms with E-state index in [2.05, 4.69) is 15.5 Å². The summed E-state index contributed by atoms with van der Waals surface area (Å²) < 4.78 is 11.3. The molecule has 2 atom stereocenters. The van der Waals surface area contributed by atoms with Gasteiger partial charge in [0.25, 0.3) is 11.8 Å². The van der Waals surface area contributed by atoms with Crippen LogP contribution in [0.2, 0.25) is 0 Å². The number of nitrogens with two attached hydrogens (primary N) is 1. The number of morpholine rings is 1. The third-order valence-electron chi connectivity index (χ3n) is 6.07. The van der Waals surface area contributed by atoms with Gasteiger partial charge in [-0.25, -0.2) is 0 Å². The molecule has 2 fully saturated rings. The van der Waals surface area contributed by atoms with Crippen LogP contribution < -0.4 is 16.4 Å². The zero-order valence-electron chi connectivity index (χ0n) is 18.4. The van der Waals surface area contributed by atoms with Crippen LogP contribution >= 0.6 is 0 Å². The maximum atomic E-state index is 13.1. The highest BCUT2D eigenvalue weighted by Gasteiger charge is 2.45. The molecule has 178 valence electrons. The summed E-state index contributed by atoms with van der Waals surface area (Å²) in [5.74, 6) is -2.08. The summed E-state index contributed by atoms with van der Waals surface area (Å²) in [6.45, 7) is 5.05. The van der Waals surface area contributed by atoms with Gasteiger partial charge in [0.15, 0.2) is 0 Å². The number of nitrogens with one attached hydrogen (secondary N) is 2. The Hall–Kier alpha value is -2.86. The van der Waals surface area contributed by atoms with Gasteiger partial charge in [-0.15, -0.1) is 0 Å². The van der Waals surface area contributed by atoms with E-state index in [-0.39, 0.29) is 30.1 Å². The Morgan fingerprint density at radius 2 is 2.03 bits per heavy atom. The second kappa shape index (κ2) is 10.4. The molecule has 4 N–H and O–H groups in total. The topological polar surface area (TPSA) is 143 Å². The van der Waals surface area contributed by atoms with Crippen LogP contribution in [-0.4, -0.2) is 98.1 Å². The molecule has 2 saturated heterocycles. The van der Waals surface area contributed by atoms with Gasteiger partial charge in [0.1, 0.15) is 6.04 Å². The lowest BCUT2D eigenvalue weighted by molar-refractivity contribution is -0.136. The third-order valence-corrected chi connectivity index (χ3v) is 6.07. The van der Waals surface area contributed by atoms with Crippen LogP contribution in [0.25, 0.3) is 0 Å². The lowest BCUT2D eigenvalue weighted by atomic mass is 10.0. The summed E-state index contributed by atoms with van der Waals surface area (Å²) in [4.78, 5) is 52.8. The molecule has 0 spiro atoms. The minimum atomic E-state index is -0.981. The fourth-order valence-corrected chi connectivity index (χ4v) is 4.34. The van der Waals surface area contributed by atoms with E-state index < -0.39 is 29.7 Å². The van der Waals surface area contributed by atoms with E-state index in [9.17, 15) is 19.2 Å². The van der Waals surface area contributed by atoms with Crippen LogP contribution in [0, 0.1) is 0 Å². The molecular formula is C22H29N5O6. The molecule has 0 bridgehead atoms. The molecule has 3 heterocycles. The first-order valence-corrected chi connectivity index (χ1v) is 11.2. The molecule has 1 aromatic rings. The Kier molecular flexibility index (Phi) is 7.33. The molecule has 4 rings (SSSR count). The Labute approximate surface area is 191 Å². The molecule has 3 aliphatic heterocycles. The van der Waals surface area contributed by atoms with Gasteiger partial charge >= 0.3 is 0 Å². The van der Waals surface area contributed by atoms with Crippen molar-refractivity contribution in [3.05, 3.63) is 29.3 Å². The smallest absolute Gasteiger partial charge is 0.264 e. The number of piperidine rings is 1. The molecule has 0 saturated carbocycles. The van der Waals surface area contributed by atoms with Gasteiger partial charge in [0.05, 0.1) is 37.1 Å². The van der Waals surface area contributed by atoms with Crippen molar-refractivity contribution in [3.63, 3.8) is 0 Å². The van der Waals surface area contributed by atoms with Gasteiger partial charge in [0.2, 0.25) is 11.8 Å². The number of carbonyl (C=O) groups excluding carboxylic acids is 4. The van der Waals surface area contributed by atoms with E-state index in [1.165, 1.54) is 0 Å². The second-order valence-corrected chi connectivity index (χ2v) is 8.24. The molecular weight excluding hydrogens is 430 g/mol. The highest BCUT2D eigenvalue weighted by molar-refractivity contribution is 6.25. The number of imide groups is 2. The van der Waals surface area contributed by atoms with Crippen molar-refractivity contribution in [1.82, 2.24) is 15.1 Å². The van der Waals surface area contributed by atoms with Crippen LogP contribution in [-0.2, 0) is 19.1 Å². The summed E-state index contributed by atoms with van der Waals surface area (Å²) in [5.41, 5.74) is 6.67. The van der Waals surface area contributed by atoms with Crippen LogP contribution in [0.3, 0.4) is 0 Å². The van der Waals surface area contributed by atoms with Gasteiger partial charge in [-0.2, -0.15) is 0 Å². The summed E-state index contributed by atoms with van der Waals surface area (Å²) in [5, 5.41) is 5.36. The molecule has 0 aromatic heterocycles.